The Balaban J connectivity index is 1.72. The molecule has 0 radical (unpaired) electrons. The Bertz CT molecular complexity index is 1410. The fourth-order valence-electron chi connectivity index (χ4n) is 3.29. The quantitative estimate of drug-likeness (QED) is 0.260. The van der Waals surface area contributed by atoms with Gasteiger partial charge in [0.15, 0.2) is 0 Å². The summed E-state index contributed by atoms with van der Waals surface area (Å²) in [5.74, 6) is -1.59. The van der Waals surface area contributed by atoms with Gasteiger partial charge in [0.05, 0.1) is 20.8 Å². The van der Waals surface area contributed by atoms with Gasteiger partial charge in [-0.25, -0.2) is 9.69 Å². The molecule has 35 heavy (non-hydrogen) atoms. The molecule has 0 bridgehead atoms. The van der Waals surface area contributed by atoms with Crippen molar-refractivity contribution in [3.8, 4) is 5.75 Å². The zero-order valence-corrected chi connectivity index (χ0v) is 21.2. The fourth-order valence-corrected chi connectivity index (χ4v) is 4.36. The Morgan fingerprint density at radius 3 is 2.31 bits per heavy atom. The number of halogens is 5. The smallest absolute Gasteiger partial charge is 0.335 e. The molecule has 1 fully saturated rings. The van der Waals surface area contributed by atoms with Gasteiger partial charge in [-0.15, -0.1) is 0 Å². The first kappa shape index (κ1) is 25.4. The number of nitrogens with one attached hydrogen (secondary N) is 1. The van der Waals surface area contributed by atoms with Crippen molar-refractivity contribution < 1.29 is 19.1 Å². The second kappa shape index (κ2) is 10.5. The maximum absolute atomic E-state index is 13.2. The molecule has 3 aromatic rings. The summed E-state index contributed by atoms with van der Waals surface area (Å²) in [4.78, 5) is 39.1. The van der Waals surface area contributed by atoms with E-state index in [0.29, 0.717) is 5.02 Å². The van der Waals surface area contributed by atoms with Crippen LogP contribution in [0.1, 0.15) is 11.1 Å². The zero-order valence-electron chi connectivity index (χ0n) is 17.5. The number of barbiturate groups is 1. The number of carbonyl (C=O) groups is 3. The van der Waals surface area contributed by atoms with Gasteiger partial charge >= 0.3 is 6.03 Å². The molecule has 1 heterocycles. The molecule has 0 unspecified atom stereocenters. The van der Waals surface area contributed by atoms with E-state index in [1.165, 1.54) is 36.4 Å². The topological polar surface area (TPSA) is 75.7 Å². The SMILES string of the molecule is O=C1NC(=O)N(c2ccc(Cl)c(Cl)c2)C(=O)/C1=C/c1cc(Cl)cc(Cl)c1OCc1cccc(Cl)c1. The van der Waals surface area contributed by atoms with Crippen molar-refractivity contribution in [3.63, 3.8) is 0 Å². The monoisotopic (exact) mass is 568 g/mol. The second-order valence-corrected chi connectivity index (χ2v) is 9.38. The van der Waals surface area contributed by atoms with Crippen LogP contribution in [-0.2, 0) is 16.2 Å². The minimum atomic E-state index is -0.933. The van der Waals surface area contributed by atoms with Crippen LogP contribution in [0.2, 0.25) is 25.1 Å². The van der Waals surface area contributed by atoms with Crippen LogP contribution in [0.3, 0.4) is 0 Å². The van der Waals surface area contributed by atoms with Crippen molar-refractivity contribution in [3.05, 3.63) is 96.4 Å². The predicted octanol–water partition coefficient (Wildman–Crippen LogP) is 7.20. The normalized spacial score (nSPS) is 14.9. The predicted molar refractivity (Wildman–Crippen MR) is 138 cm³/mol. The average molecular weight is 571 g/mol. The molecule has 4 rings (SSSR count). The van der Waals surface area contributed by atoms with Crippen molar-refractivity contribution in [2.24, 2.45) is 0 Å². The molecule has 1 saturated heterocycles. The van der Waals surface area contributed by atoms with E-state index in [-0.39, 0.29) is 49.3 Å². The summed E-state index contributed by atoms with van der Waals surface area (Å²) in [6.07, 6.45) is 1.25. The Hall–Kier alpha value is -2.74. The number of imide groups is 2. The first-order chi connectivity index (χ1) is 16.6. The van der Waals surface area contributed by atoms with Crippen LogP contribution in [0, 0.1) is 0 Å². The number of anilines is 1. The van der Waals surface area contributed by atoms with Gasteiger partial charge in [-0.1, -0.05) is 70.1 Å². The molecule has 0 aliphatic carbocycles. The largest absolute Gasteiger partial charge is 0.487 e. The molecule has 11 heteroatoms. The Kier molecular flexibility index (Phi) is 7.59. The van der Waals surface area contributed by atoms with E-state index >= 15 is 0 Å². The van der Waals surface area contributed by atoms with Gasteiger partial charge in [-0.05, 0) is 54.1 Å². The summed E-state index contributed by atoms with van der Waals surface area (Å²) < 4.78 is 5.89. The number of hydrogen-bond acceptors (Lipinski definition) is 4. The summed E-state index contributed by atoms with van der Waals surface area (Å²) in [5.41, 5.74) is 0.805. The minimum Gasteiger partial charge on any atom is -0.487 e. The molecular weight excluding hydrogens is 558 g/mol. The highest BCUT2D eigenvalue weighted by atomic mass is 35.5. The van der Waals surface area contributed by atoms with Crippen LogP contribution in [0.4, 0.5) is 10.5 Å². The van der Waals surface area contributed by atoms with E-state index in [9.17, 15) is 14.4 Å². The Labute approximate surface area is 224 Å². The number of rotatable bonds is 5. The molecule has 4 amide bonds. The third-order valence-electron chi connectivity index (χ3n) is 4.87. The lowest BCUT2D eigenvalue weighted by molar-refractivity contribution is -0.122. The number of nitrogens with zero attached hydrogens (tertiary/aromatic N) is 1. The van der Waals surface area contributed by atoms with Crippen LogP contribution >= 0.6 is 58.0 Å². The lowest BCUT2D eigenvalue weighted by atomic mass is 10.1. The first-order valence-electron chi connectivity index (χ1n) is 9.87. The van der Waals surface area contributed by atoms with Gasteiger partial charge in [0.2, 0.25) is 0 Å². The molecule has 1 N–H and O–H groups in total. The van der Waals surface area contributed by atoms with Gasteiger partial charge < -0.3 is 4.74 Å². The molecule has 1 aliphatic heterocycles. The molecule has 0 spiro atoms. The Morgan fingerprint density at radius 1 is 0.829 bits per heavy atom. The Morgan fingerprint density at radius 2 is 1.60 bits per heavy atom. The van der Waals surface area contributed by atoms with Gasteiger partial charge in [0.25, 0.3) is 11.8 Å². The van der Waals surface area contributed by atoms with Crippen LogP contribution in [-0.4, -0.2) is 17.8 Å². The summed E-state index contributed by atoms with van der Waals surface area (Å²) in [6, 6.07) is 13.2. The number of amides is 4. The molecule has 0 atom stereocenters. The number of carbonyl (C=O) groups excluding carboxylic acids is 3. The van der Waals surface area contributed by atoms with Crippen molar-refractivity contribution in [2.45, 2.75) is 6.61 Å². The lowest BCUT2D eigenvalue weighted by Gasteiger charge is -2.26. The molecule has 1 aliphatic rings. The van der Waals surface area contributed by atoms with Crippen LogP contribution < -0.4 is 15.0 Å². The van der Waals surface area contributed by atoms with Gasteiger partial charge in [-0.2, -0.15) is 0 Å². The number of hydrogen-bond donors (Lipinski definition) is 1. The molecule has 3 aromatic carbocycles. The van der Waals surface area contributed by atoms with Crippen LogP contribution in [0.15, 0.2) is 60.2 Å². The second-order valence-electron chi connectivity index (χ2n) is 7.28. The summed E-state index contributed by atoms with van der Waals surface area (Å²) in [6.45, 7) is 0.103. The maximum Gasteiger partial charge on any atom is 0.335 e. The highest BCUT2D eigenvalue weighted by molar-refractivity contribution is 6.43. The zero-order chi connectivity index (χ0) is 25.3. The number of urea groups is 1. The van der Waals surface area contributed by atoms with Crippen molar-refractivity contribution >= 4 is 87.6 Å². The molecular formula is C24H13Cl5N2O4. The number of ether oxygens (including phenoxy) is 1. The lowest BCUT2D eigenvalue weighted by Crippen LogP contribution is -2.54. The minimum absolute atomic E-state index is 0.103. The highest BCUT2D eigenvalue weighted by Crippen LogP contribution is 2.36. The summed E-state index contributed by atoms with van der Waals surface area (Å²) in [7, 11) is 0. The standard InChI is InChI=1S/C24H13Cl5N2O4/c25-14-3-1-2-12(6-14)11-35-21-13(7-15(26)9-20(21)29)8-17-22(32)30-24(34)31(23(17)33)16-4-5-18(27)19(28)10-16/h1-10H,11H2,(H,30,32,34)/b17-8+. The van der Waals surface area contributed by atoms with Crippen molar-refractivity contribution in [1.82, 2.24) is 5.32 Å². The van der Waals surface area contributed by atoms with Gasteiger partial charge in [0.1, 0.15) is 17.9 Å². The average Bonchev–Trinajstić information content (AvgIpc) is 2.78. The van der Waals surface area contributed by atoms with E-state index in [0.717, 1.165) is 10.5 Å². The van der Waals surface area contributed by atoms with E-state index < -0.39 is 17.8 Å². The molecule has 0 saturated carbocycles. The van der Waals surface area contributed by atoms with E-state index in [4.69, 9.17) is 62.7 Å². The first-order valence-corrected chi connectivity index (χ1v) is 11.8. The van der Waals surface area contributed by atoms with Crippen molar-refractivity contribution in [2.75, 3.05) is 4.90 Å². The highest BCUT2D eigenvalue weighted by Gasteiger charge is 2.37. The van der Waals surface area contributed by atoms with Crippen LogP contribution in [0.25, 0.3) is 6.08 Å². The number of benzene rings is 3. The van der Waals surface area contributed by atoms with Crippen molar-refractivity contribution in [1.29, 1.82) is 0 Å². The van der Waals surface area contributed by atoms with E-state index in [1.54, 1.807) is 18.2 Å². The third kappa shape index (κ3) is 5.58. The summed E-state index contributed by atoms with van der Waals surface area (Å²) >= 11 is 30.5. The third-order valence-corrected chi connectivity index (χ3v) is 6.35. The maximum atomic E-state index is 13.2. The molecule has 0 aromatic heterocycles. The molecule has 178 valence electrons. The summed E-state index contributed by atoms with van der Waals surface area (Å²) in [5, 5.41) is 3.45. The molecule has 6 nitrogen and oxygen atoms in total. The van der Waals surface area contributed by atoms with Gasteiger partial charge in [-0.3, -0.25) is 14.9 Å². The van der Waals surface area contributed by atoms with Crippen LogP contribution in [0.5, 0.6) is 5.75 Å². The van der Waals surface area contributed by atoms with E-state index in [1.807, 2.05) is 6.07 Å². The van der Waals surface area contributed by atoms with Gasteiger partial charge in [0, 0.05) is 15.6 Å². The van der Waals surface area contributed by atoms with E-state index in [2.05, 4.69) is 5.32 Å². The fraction of sp³-hybridized carbons (Fsp3) is 0.0417.